The van der Waals surface area contributed by atoms with Crippen molar-refractivity contribution >= 4 is 16.0 Å². The monoisotopic (exact) mass is 287 g/mol. The summed E-state index contributed by atoms with van der Waals surface area (Å²) in [6.45, 7) is 5.14. The fraction of sp³-hybridized carbons (Fsp3) is 0.417. The van der Waals surface area contributed by atoms with Crippen LogP contribution < -0.4 is 4.89 Å². The summed E-state index contributed by atoms with van der Waals surface area (Å²) < 4.78 is 23.7. The molecule has 6 nitrogen and oxygen atoms in total. The summed E-state index contributed by atoms with van der Waals surface area (Å²) in [4.78, 5) is 17.6. The first-order valence-corrected chi connectivity index (χ1v) is 7.09. The fourth-order valence-corrected chi connectivity index (χ4v) is 2.14. The standard InChI is InChI=1S/C12H17NO5S/c1-12(2,3)18-13-19(16,17)10-6-4-9(5-7-10)8-11(14)15/h4-7,13H,8H2,1-3H3,(H,14,15). The molecule has 0 atom stereocenters. The molecule has 0 saturated heterocycles. The highest BCUT2D eigenvalue weighted by molar-refractivity contribution is 7.89. The molecule has 0 fully saturated rings. The molecule has 0 aliphatic rings. The third-order valence-corrected chi connectivity index (χ3v) is 3.24. The van der Waals surface area contributed by atoms with Crippen molar-refractivity contribution in [3.05, 3.63) is 29.8 Å². The lowest BCUT2D eigenvalue weighted by Crippen LogP contribution is -2.33. The lowest BCUT2D eigenvalue weighted by Gasteiger charge is -2.19. The van der Waals surface area contributed by atoms with E-state index in [1.54, 1.807) is 20.8 Å². The predicted octanol–water partition coefficient (Wildman–Crippen LogP) is 1.32. The number of aliphatic carboxylic acids is 1. The van der Waals surface area contributed by atoms with Crippen molar-refractivity contribution in [1.29, 1.82) is 0 Å². The van der Waals surface area contributed by atoms with Crippen LogP contribution in [0, 0.1) is 0 Å². The summed E-state index contributed by atoms with van der Waals surface area (Å²) in [5.41, 5.74) is -0.112. The topological polar surface area (TPSA) is 92.7 Å². The molecule has 1 rings (SSSR count). The highest BCUT2D eigenvalue weighted by atomic mass is 32.2. The smallest absolute Gasteiger partial charge is 0.307 e. The molecular weight excluding hydrogens is 270 g/mol. The molecule has 0 radical (unpaired) electrons. The maximum Gasteiger partial charge on any atom is 0.307 e. The molecule has 0 aromatic heterocycles. The first-order chi connectivity index (χ1) is 8.60. The molecule has 0 heterocycles. The van der Waals surface area contributed by atoms with E-state index in [4.69, 9.17) is 9.94 Å². The van der Waals surface area contributed by atoms with Gasteiger partial charge in [-0.05, 0) is 38.5 Å². The number of hydrogen-bond acceptors (Lipinski definition) is 4. The minimum atomic E-state index is -3.76. The van der Waals surface area contributed by atoms with Crippen LogP contribution in [0.5, 0.6) is 0 Å². The van der Waals surface area contributed by atoms with Gasteiger partial charge in [-0.15, -0.1) is 0 Å². The van der Waals surface area contributed by atoms with Gasteiger partial charge < -0.3 is 5.11 Å². The molecule has 106 valence electrons. The number of benzene rings is 1. The first-order valence-electron chi connectivity index (χ1n) is 5.61. The van der Waals surface area contributed by atoms with Crippen molar-refractivity contribution < 1.29 is 23.2 Å². The summed E-state index contributed by atoms with van der Waals surface area (Å²) in [5.74, 6) is -0.968. The van der Waals surface area contributed by atoms with Crippen molar-refractivity contribution in [2.75, 3.05) is 0 Å². The molecule has 0 spiro atoms. The van der Waals surface area contributed by atoms with Gasteiger partial charge >= 0.3 is 5.97 Å². The van der Waals surface area contributed by atoms with E-state index >= 15 is 0 Å². The van der Waals surface area contributed by atoms with Gasteiger partial charge in [0.1, 0.15) is 0 Å². The number of carboxylic acid groups (broad SMARTS) is 1. The summed E-state index contributed by atoms with van der Waals surface area (Å²) >= 11 is 0. The van der Waals surface area contributed by atoms with E-state index in [9.17, 15) is 13.2 Å². The number of carboxylic acids is 1. The second-order valence-corrected chi connectivity index (χ2v) is 6.66. The van der Waals surface area contributed by atoms with Crippen molar-refractivity contribution in [3.63, 3.8) is 0 Å². The zero-order valence-electron chi connectivity index (χ0n) is 11.0. The molecule has 1 aromatic carbocycles. The van der Waals surface area contributed by atoms with E-state index < -0.39 is 21.6 Å². The Morgan fingerprint density at radius 2 is 1.79 bits per heavy atom. The Hall–Kier alpha value is -1.44. The lowest BCUT2D eigenvalue weighted by molar-refractivity contribution is -0.136. The summed E-state index contributed by atoms with van der Waals surface area (Å²) in [5, 5.41) is 8.62. The Balaban J connectivity index is 2.82. The SMILES string of the molecule is CC(C)(C)ONS(=O)(=O)c1ccc(CC(=O)O)cc1. The number of sulfonamides is 1. The van der Waals surface area contributed by atoms with Gasteiger partial charge in [0.25, 0.3) is 10.0 Å². The van der Waals surface area contributed by atoms with Crippen LogP contribution >= 0.6 is 0 Å². The van der Waals surface area contributed by atoms with Gasteiger partial charge in [0, 0.05) is 0 Å². The first kappa shape index (κ1) is 15.6. The lowest BCUT2D eigenvalue weighted by atomic mass is 10.2. The van der Waals surface area contributed by atoms with Crippen LogP contribution in [0.2, 0.25) is 0 Å². The van der Waals surface area contributed by atoms with Crippen LogP contribution in [-0.2, 0) is 26.1 Å². The molecule has 7 heteroatoms. The molecule has 0 unspecified atom stereocenters. The Morgan fingerprint density at radius 1 is 1.26 bits per heavy atom. The van der Waals surface area contributed by atoms with Gasteiger partial charge in [-0.25, -0.2) is 8.42 Å². The average Bonchev–Trinajstić information content (AvgIpc) is 2.26. The van der Waals surface area contributed by atoms with Gasteiger partial charge in [-0.3, -0.25) is 9.63 Å². The summed E-state index contributed by atoms with van der Waals surface area (Å²) in [6.07, 6.45) is -0.147. The van der Waals surface area contributed by atoms with Crippen LogP contribution in [0.25, 0.3) is 0 Å². The molecule has 0 amide bonds. The van der Waals surface area contributed by atoms with E-state index in [0.29, 0.717) is 5.56 Å². The van der Waals surface area contributed by atoms with Gasteiger partial charge in [0.15, 0.2) is 0 Å². The summed E-state index contributed by atoms with van der Waals surface area (Å²) in [6, 6.07) is 5.60. The quantitative estimate of drug-likeness (QED) is 0.797. The number of carbonyl (C=O) groups is 1. The van der Waals surface area contributed by atoms with Gasteiger partial charge in [-0.1, -0.05) is 17.0 Å². The molecule has 19 heavy (non-hydrogen) atoms. The molecule has 1 aromatic rings. The molecule has 0 bridgehead atoms. The van der Waals surface area contributed by atoms with E-state index in [0.717, 1.165) is 0 Å². The highest BCUT2D eigenvalue weighted by Crippen LogP contribution is 2.13. The zero-order valence-corrected chi connectivity index (χ0v) is 11.8. The van der Waals surface area contributed by atoms with Crippen LogP contribution in [0.15, 0.2) is 29.2 Å². The maximum absolute atomic E-state index is 11.9. The van der Waals surface area contributed by atoms with Gasteiger partial charge in [0.2, 0.25) is 0 Å². The van der Waals surface area contributed by atoms with Crippen molar-refractivity contribution in [2.24, 2.45) is 0 Å². The van der Waals surface area contributed by atoms with Crippen LogP contribution in [-0.4, -0.2) is 25.1 Å². The van der Waals surface area contributed by atoms with E-state index in [2.05, 4.69) is 0 Å². The van der Waals surface area contributed by atoms with Crippen LogP contribution in [0.4, 0.5) is 0 Å². The normalized spacial score (nSPS) is 12.4. The third kappa shape index (κ3) is 5.37. The van der Waals surface area contributed by atoms with E-state index in [1.165, 1.54) is 24.3 Å². The molecule has 0 aliphatic carbocycles. The highest BCUT2D eigenvalue weighted by Gasteiger charge is 2.19. The Labute approximate surface area is 112 Å². The number of hydrogen-bond donors (Lipinski definition) is 2. The second kappa shape index (κ2) is 5.68. The zero-order chi connectivity index (χ0) is 14.7. The summed E-state index contributed by atoms with van der Waals surface area (Å²) in [7, 11) is -3.76. The predicted molar refractivity (Wildman–Crippen MR) is 68.9 cm³/mol. The molecular formula is C12H17NO5S. The molecule has 2 N–H and O–H groups in total. The average molecular weight is 287 g/mol. The van der Waals surface area contributed by atoms with Crippen LogP contribution in [0.3, 0.4) is 0 Å². The molecule has 0 aliphatic heterocycles. The number of nitrogens with one attached hydrogen (secondary N) is 1. The van der Waals surface area contributed by atoms with Gasteiger partial charge in [0.05, 0.1) is 16.9 Å². The Morgan fingerprint density at radius 3 is 2.21 bits per heavy atom. The number of rotatable bonds is 5. The third-order valence-electron chi connectivity index (χ3n) is 2.05. The van der Waals surface area contributed by atoms with Crippen molar-refractivity contribution in [1.82, 2.24) is 4.89 Å². The Kier molecular flexibility index (Phi) is 4.67. The molecule has 0 saturated carbocycles. The Bertz CT molecular complexity index is 542. The maximum atomic E-state index is 11.9. The minimum Gasteiger partial charge on any atom is -0.481 e. The largest absolute Gasteiger partial charge is 0.481 e. The van der Waals surface area contributed by atoms with Crippen molar-refractivity contribution in [3.8, 4) is 0 Å². The fourth-order valence-electron chi connectivity index (χ4n) is 1.19. The van der Waals surface area contributed by atoms with Gasteiger partial charge in [-0.2, -0.15) is 0 Å². The minimum absolute atomic E-state index is 0.0193. The van der Waals surface area contributed by atoms with E-state index in [1.807, 2.05) is 4.89 Å². The second-order valence-electron chi connectivity index (χ2n) is 5.02. The van der Waals surface area contributed by atoms with E-state index in [-0.39, 0.29) is 11.3 Å². The van der Waals surface area contributed by atoms with Crippen LogP contribution in [0.1, 0.15) is 26.3 Å². The van der Waals surface area contributed by atoms with Crippen molar-refractivity contribution in [2.45, 2.75) is 37.7 Å².